The van der Waals surface area contributed by atoms with E-state index in [9.17, 15) is 14.0 Å². The number of likely N-dealkylation sites (N-methyl/N-ethyl adjacent to an activating group) is 1. The highest BCUT2D eigenvalue weighted by molar-refractivity contribution is 5.91. The second-order valence-electron chi connectivity index (χ2n) is 4.96. The van der Waals surface area contributed by atoms with Crippen molar-refractivity contribution in [1.29, 1.82) is 0 Å². The summed E-state index contributed by atoms with van der Waals surface area (Å²) in [5.41, 5.74) is 0.612. The molecule has 5 nitrogen and oxygen atoms in total. The van der Waals surface area contributed by atoms with Gasteiger partial charge in [-0.2, -0.15) is 0 Å². The first kappa shape index (κ1) is 16.5. The molecule has 0 fully saturated rings. The van der Waals surface area contributed by atoms with Crippen molar-refractivity contribution in [1.82, 2.24) is 4.90 Å². The summed E-state index contributed by atoms with van der Waals surface area (Å²) >= 11 is 0. The van der Waals surface area contributed by atoms with Gasteiger partial charge >= 0.3 is 5.97 Å². The first-order chi connectivity index (χ1) is 11.0. The van der Waals surface area contributed by atoms with Crippen molar-refractivity contribution in [3.63, 3.8) is 0 Å². The van der Waals surface area contributed by atoms with Gasteiger partial charge in [-0.3, -0.25) is 4.79 Å². The third-order valence-corrected chi connectivity index (χ3v) is 3.22. The Morgan fingerprint density at radius 2 is 1.78 bits per heavy atom. The molecule has 120 valence electrons. The molecule has 23 heavy (non-hydrogen) atoms. The van der Waals surface area contributed by atoms with Gasteiger partial charge in [-0.05, 0) is 30.3 Å². The van der Waals surface area contributed by atoms with Crippen LogP contribution >= 0.6 is 0 Å². The van der Waals surface area contributed by atoms with E-state index in [-0.39, 0.29) is 17.9 Å². The smallest absolute Gasteiger partial charge is 0.338 e. The fourth-order valence-corrected chi connectivity index (χ4v) is 1.89. The predicted octanol–water partition coefficient (Wildman–Crippen LogP) is 2.35. The number of amides is 1. The number of hydrogen-bond acceptors (Lipinski definition) is 4. The topological polar surface area (TPSA) is 66.8 Å². The Morgan fingerprint density at radius 1 is 1.13 bits per heavy atom. The Bertz CT molecular complexity index is 700. The van der Waals surface area contributed by atoms with Crippen molar-refractivity contribution in [2.75, 3.05) is 13.7 Å². The largest absolute Gasteiger partial charge is 0.508 e. The average Bonchev–Trinajstić information content (AvgIpc) is 2.55. The van der Waals surface area contributed by atoms with E-state index in [4.69, 9.17) is 9.84 Å². The molecule has 2 aromatic rings. The molecule has 2 rings (SSSR count). The summed E-state index contributed by atoms with van der Waals surface area (Å²) in [6, 6.07) is 11.6. The average molecular weight is 317 g/mol. The number of nitrogens with zero attached hydrogens (tertiary/aromatic N) is 1. The van der Waals surface area contributed by atoms with Crippen LogP contribution in [0.1, 0.15) is 15.9 Å². The molecule has 0 aromatic heterocycles. The third-order valence-electron chi connectivity index (χ3n) is 3.22. The lowest BCUT2D eigenvalue weighted by Crippen LogP contribution is -2.31. The van der Waals surface area contributed by atoms with E-state index in [1.807, 2.05) is 0 Å². The van der Waals surface area contributed by atoms with Gasteiger partial charge in [-0.25, -0.2) is 9.18 Å². The summed E-state index contributed by atoms with van der Waals surface area (Å²) in [7, 11) is 1.50. The van der Waals surface area contributed by atoms with Crippen LogP contribution in [0.3, 0.4) is 0 Å². The van der Waals surface area contributed by atoms with Crippen LogP contribution in [0, 0.1) is 5.82 Å². The SMILES string of the molecule is CN(Cc1ccccc1F)C(=O)COC(=O)c1ccc(O)cc1. The number of phenols is 1. The molecule has 6 heteroatoms. The van der Waals surface area contributed by atoms with Crippen LogP contribution in [0.25, 0.3) is 0 Å². The third kappa shape index (κ3) is 4.54. The summed E-state index contributed by atoms with van der Waals surface area (Å²) in [6.45, 7) is -0.354. The highest BCUT2D eigenvalue weighted by Crippen LogP contribution is 2.11. The van der Waals surface area contributed by atoms with Gasteiger partial charge in [-0.1, -0.05) is 18.2 Å². The zero-order valence-corrected chi connectivity index (χ0v) is 12.5. The molecule has 0 atom stereocenters. The number of aromatic hydroxyl groups is 1. The molecule has 1 amide bonds. The Morgan fingerprint density at radius 3 is 2.43 bits per heavy atom. The van der Waals surface area contributed by atoms with Gasteiger partial charge in [0.1, 0.15) is 11.6 Å². The van der Waals surface area contributed by atoms with E-state index in [1.54, 1.807) is 18.2 Å². The molecular weight excluding hydrogens is 301 g/mol. The van der Waals surface area contributed by atoms with Gasteiger partial charge in [0.25, 0.3) is 5.91 Å². The maximum Gasteiger partial charge on any atom is 0.338 e. The fraction of sp³-hybridized carbons (Fsp3) is 0.176. The number of ether oxygens (including phenoxy) is 1. The number of carbonyl (C=O) groups excluding carboxylic acids is 2. The van der Waals surface area contributed by atoms with Crippen molar-refractivity contribution in [2.45, 2.75) is 6.54 Å². The predicted molar refractivity (Wildman–Crippen MR) is 81.3 cm³/mol. The molecule has 1 N–H and O–H groups in total. The maximum atomic E-state index is 13.5. The summed E-state index contributed by atoms with van der Waals surface area (Å²) < 4.78 is 18.5. The summed E-state index contributed by atoms with van der Waals surface area (Å²) in [4.78, 5) is 25.0. The number of hydrogen-bond donors (Lipinski definition) is 1. The first-order valence-corrected chi connectivity index (χ1v) is 6.91. The number of carbonyl (C=O) groups is 2. The summed E-state index contributed by atoms with van der Waals surface area (Å²) in [6.07, 6.45) is 0. The fourth-order valence-electron chi connectivity index (χ4n) is 1.89. The molecule has 0 aliphatic rings. The second-order valence-corrected chi connectivity index (χ2v) is 4.96. The van der Waals surface area contributed by atoms with E-state index in [0.29, 0.717) is 5.56 Å². The van der Waals surface area contributed by atoms with Gasteiger partial charge < -0.3 is 14.7 Å². The Labute approximate surface area is 132 Å². The molecule has 0 saturated heterocycles. The highest BCUT2D eigenvalue weighted by Gasteiger charge is 2.15. The van der Waals surface area contributed by atoms with Crippen LogP contribution in [0.2, 0.25) is 0 Å². The molecule has 0 unspecified atom stereocenters. The quantitative estimate of drug-likeness (QED) is 0.860. The zero-order chi connectivity index (χ0) is 16.8. The molecule has 0 saturated carbocycles. The van der Waals surface area contributed by atoms with Crippen molar-refractivity contribution < 1.29 is 23.8 Å². The lowest BCUT2D eigenvalue weighted by atomic mass is 10.2. The van der Waals surface area contributed by atoms with E-state index < -0.39 is 24.3 Å². The number of halogens is 1. The van der Waals surface area contributed by atoms with Crippen molar-refractivity contribution in [2.24, 2.45) is 0 Å². The van der Waals surface area contributed by atoms with Crippen LogP contribution in [0.4, 0.5) is 4.39 Å². The van der Waals surface area contributed by atoms with Gasteiger partial charge in [0.05, 0.1) is 5.56 Å². The van der Waals surface area contributed by atoms with Crippen LogP contribution in [-0.2, 0) is 16.1 Å². The lowest BCUT2D eigenvalue weighted by molar-refractivity contribution is -0.133. The molecule has 0 bridgehead atoms. The van der Waals surface area contributed by atoms with E-state index in [0.717, 1.165) is 0 Å². The van der Waals surface area contributed by atoms with Crippen molar-refractivity contribution in [3.8, 4) is 5.75 Å². The lowest BCUT2D eigenvalue weighted by Gasteiger charge is -2.17. The molecule has 0 spiro atoms. The minimum atomic E-state index is -0.669. The molecule has 0 aliphatic carbocycles. The van der Waals surface area contributed by atoms with E-state index in [2.05, 4.69) is 0 Å². The second kappa shape index (κ2) is 7.40. The normalized spacial score (nSPS) is 10.2. The minimum Gasteiger partial charge on any atom is -0.508 e. The van der Waals surface area contributed by atoms with Crippen LogP contribution in [-0.4, -0.2) is 35.5 Å². The number of benzene rings is 2. The van der Waals surface area contributed by atoms with E-state index >= 15 is 0 Å². The van der Waals surface area contributed by atoms with Crippen molar-refractivity contribution >= 4 is 11.9 Å². The van der Waals surface area contributed by atoms with Gasteiger partial charge in [0.2, 0.25) is 0 Å². The number of esters is 1. The Kier molecular flexibility index (Phi) is 5.30. The summed E-state index contributed by atoms with van der Waals surface area (Å²) in [5, 5.41) is 9.15. The van der Waals surface area contributed by atoms with Crippen LogP contribution in [0.15, 0.2) is 48.5 Å². The van der Waals surface area contributed by atoms with E-state index in [1.165, 1.54) is 42.3 Å². The molecule has 2 aromatic carbocycles. The first-order valence-electron chi connectivity index (χ1n) is 6.91. The number of rotatable bonds is 5. The van der Waals surface area contributed by atoms with Crippen LogP contribution in [0.5, 0.6) is 5.75 Å². The monoisotopic (exact) mass is 317 g/mol. The highest BCUT2D eigenvalue weighted by atomic mass is 19.1. The van der Waals surface area contributed by atoms with Gasteiger partial charge in [0.15, 0.2) is 6.61 Å². The summed E-state index contributed by atoms with van der Waals surface area (Å²) in [5.74, 6) is -1.48. The maximum absolute atomic E-state index is 13.5. The van der Waals surface area contributed by atoms with Crippen LogP contribution < -0.4 is 0 Å². The molecular formula is C17H16FNO4. The molecule has 0 aliphatic heterocycles. The molecule has 0 heterocycles. The Balaban J connectivity index is 1.87. The molecule has 0 radical (unpaired) electrons. The van der Waals surface area contributed by atoms with Gasteiger partial charge in [0, 0.05) is 19.2 Å². The zero-order valence-electron chi connectivity index (χ0n) is 12.5. The standard InChI is InChI=1S/C17H16FNO4/c1-19(10-13-4-2-3-5-15(13)18)16(21)11-23-17(22)12-6-8-14(20)9-7-12/h2-9,20H,10-11H2,1H3. The van der Waals surface area contributed by atoms with Gasteiger partial charge in [-0.15, -0.1) is 0 Å². The van der Waals surface area contributed by atoms with Crippen molar-refractivity contribution in [3.05, 3.63) is 65.5 Å². The Hall–Kier alpha value is -2.89. The number of phenolic OH excluding ortho intramolecular Hbond substituents is 1. The minimum absolute atomic E-state index is 0.0299.